The van der Waals surface area contributed by atoms with Crippen LogP contribution in [-0.4, -0.2) is 45.4 Å². The van der Waals surface area contributed by atoms with E-state index in [-0.39, 0.29) is 16.4 Å². The Labute approximate surface area is 177 Å². The Bertz CT molecular complexity index is 1030. The predicted octanol–water partition coefficient (Wildman–Crippen LogP) is 2.82. The molecule has 9 heteroatoms. The molecule has 30 heavy (non-hydrogen) atoms. The molecule has 0 spiro atoms. The van der Waals surface area contributed by atoms with E-state index in [1.807, 2.05) is 13.8 Å². The number of benzene rings is 2. The van der Waals surface area contributed by atoms with Crippen molar-refractivity contribution in [3.8, 4) is 0 Å². The maximum Gasteiger partial charge on any atom is 0.264 e. The molecule has 2 rings (SSSR count). The zero-order valence-electron chi connectivity index (χ0n) is 17.7. The number of rotatable bonds is 8. The van der Waals surface area contributed by atoms with Gasteiger partial charge in [-0.05, 0) is 54.8 Å². The van der Waals surface area contributed by atoms with Crippen LogP contribution in [0, 0.1) is 12.8 Å². The van der Waals surface area contributed by atoms with Gasteiger partial charge in [-0.15, -0.1) is 0 Å². The van der Waals surface area contributed by atoms with Gasteiger partial charge < -0.3 is 10.6 Å². The summed E-state index contributed by atoms with van der Waals surface area (Å²) in [5.41, 5.74) is 1.92. The quantitative estimate of drug-likeness (QED) is 0.623. The van der Waals surface area contributed by atoms with Crippen molar-refractivity contribution >= 4 is 27.5 Å². The molecule has 0 unspecified atom stereocenters. The number of carbonyl (C=O) groups is 2. The molecule has 0 atom stereocenters. The van der Waals surface area contributed by atoms with Gasteiger partial charge >= 0.3 is 0 Å². The second-order valence-corrected chi connectivity index (χ2v) is 9.15. The minimum Gasteiger partial charge on any atom is -0.352 e. The van der Waals surface area contributed by atoms with Crippen LogP contribution in [0.15, 0.2) is 47.4 Å². The summed E-state index contributed by atoms with van der Waals surface area (Å²) in [7, 11) is -1.36. The van der Waals surface area contributed by atoms with Crippen molar-refractivity contribution in [2.75, 3.05) is 26.0 Å². The number of hydrogen-bond donors (Lipinski definition) is 2. The van der Waals surface area contributed by atoms with Crippen LogP contribution in [0.1, 0.15) is 40.1 Å². The molecular weight excluding hydrogens is 406 g/mol. The molecule has 2 N–H and O–H groups in total. The zero-order chi connectivity index (χ0) is 22.5. The van der Waals surface area contributed by atoms with E-state index in [1.54, 1.807) is 25.1 Å². The lowest BCUT2D eigenvalue weighted by atomic mass is 10.1. The van der Waals surface area contributed by atoms with Crippen molar-refractivity contribution in [2.24, 2.45) is 5.92 Å². The second-order valence-electron chi connectivity index (χ2n) is 7.21. The van der Waals surface area contributed by atoms with Crippen molar-refractivity contribution in [3.63, 3.8) is 0 Å². The Morgan fingerprint density at radius 3 is 2.33 bits per heavy atom. The van der Waals surface area contributed by atoms with Crippen molar-refractivity contribution in [1.82, 2.24) is 9.79 Å². The number of hydroxylamine groups is 1. The first kappa shape index (κ1) is 23.5. The number of amides is 2. The number of sulfonamides is 1. The lowest BCUT2D eigenvalue weighted by molar-refractivity contribution is -0.0258. The van der Waals surface area contributed by atoms with Gasteiger partial charge in [-0.1, -0.05) is 24.4 Å². The van der Waals surface area contributed by atoms with Gasteiger partial charge in [-0.2, -0.15) is 0 Å². The molecule has 0 aliphatic carbocycles. The molecule has 162 valence electrons. The van der Waals surface area contributed by atoms with Crippen LogP contribution >= 0.6 is 0 Å². The smallest absolute Gasteiger partial charge is 0.264 e. The summed E-state index contributed by atoms with van der Waals surface area (Å²) >= 11 is 0. The van der Waals surface area contributed by atoms with E-state index in [4.69, 9.17) is 4.84 Å². The van der Waals surface area contributed by atoms with Gasteiger partial charge in [-0.25, -0.2) is 8.42 Å². The van der Waals surface area contributed by atoms with Crippen molar-refractivity contribution in [2.45, 2.75) is 25.7 Å². The highest BCUT2D eigenvalue weighted by atomic mass is 32.2. The summed E-state index contributed by atoms with van der Waals surface area (Å²) in [5, 5.41) is 5.60. The second kappa shape index (κ2) is 9.84. The first-order chi connectivity index (χ1) is 14.1. The fraction of sp³-hybridized carbons (Fsp3) is 0.333. The monoisotopic (exact) mass is 433 g/mol. The van der Waals surface area contributed by atoms with Crippen LogP contribution in [0.5, 0.6) is 0 Å². The Kier molecular flexibility index (Phi) is 7.71. The van der Waals surface area contributed by atoms with E-state index in [1.165, 1.54) is 38.4 Å². The molecule has 2 aromatic carbocycles. The average Bonchev–Trinajstić information content (AvgIpc) is 2.72. The molecule has 0 heterocycles. The molecule has 8 nitrogen and oxygen atoms in total. The molecule has 0 aliphatic heterocycles. The molecule has 0 radical (unpaired) electrons. The van der Waals surface area contributed by atoms with Crippen LogP contribution in [0.4, 0.5) is 5.69 Å². The number of nitrogens with one attached hydrogen (secondary N) is 2. The molecule has 2 amide bonds. The minimum atomic E-state index is -3.87. The maximum atomic E-state index is 12.7. The zero-order valence-corrected chi connectivity index (χ0v) is 18.5. The van der Waals surface area contributed by atoms with E-state index in [9.17, 15) is 18.0 Å². The molecule has 0 bridgehead atoms. The maximum absolute atomic E-state index is 12.7. The molecule has 0 aliphatic rings. The molecular formula is C21H27N3O5S. The summed E-state index contributed by atoms with van der Waals surface area (Å²) in [5.74, 6) is -0.297. The summed E-state index contributed by atoms with van der Waals surface area (Å²) in [4.78, 5) is 29.5. The van der Waals surface area contributed by atoms with Gasteiger partial charge in [0.25, 0.3) is 21.8 Å². The Morgan fingerprint density at radius 1 is 1.07 bits per heavy atom. The lowest BCUT2D eigenvalue weighted by Gasteiger charge is -2.15. The van der Waals surface area contributed by atoms with Crippen molar-refractivity contribution in [3.05, 3.63) is 59.2 Å². The highest BCUT2D eigenvalue weighted by Gasteiger charge is 2.22. The number of anilines is 1. The standard InChI is InChI=1S/C21H27N3O5S/c1-14(2)13-22-20(25)17-9-10-19(15(3)11-17)23-21(26)16-7-6-8-18(12-16)30(27,28)24(4)29-5/h6-12,14H,13H2,1-5H3,(H,22,25)(H,23,26). The normalized spacial score (nSPS) is 11.6. The lowest BCUT2D eigenvalue weighted by Crippen LogP contribution is -2.27. The topological polar surface area (TPSA) is 105 Å². The fourth-order valence-electron chi connectivity index (χ4n) is 2.58. The van der Waals surface area contributed by atoms with Crippen molar-refractivity contribution < 1.29 is 22.8 Å². The van der Waals surface area contributed by atoms with Gasteiger partial charge in [-0.3, -0.25) is 14.4 Å². The fourth-order valence-corrected chi connectivity index (χ4v) is 3.60. The van der Waals surface area contributed by atoms with Gasteiger partial charge in [0.05, 0.1) is 12.0 Å². The number of carbonyl (C=O) groups excluding carboxylic acids is 2. The average molecular weight is 434 g/mol. The van der Waals surface area contributed by atoms with E-state index in [0.29, 0.717) is 29.3 Å². The summed E-state index contributed by atoms with van der Waals surface area (Å²) in [6, 6.07) is 10.6. The van der Waals surface area contributed by atoms with E-state index < -0.39 is 15.9 Å². The first-order valence-corrected chi connectivity index (χ1v) is 10.8. The van der Waals surface area contributed by atoms with Crippen LogP contribution < -0.4 is 10.6 Å². The Hall–Kier alpha value is -2.75. The van der Waals surface area contributed by atoms with E-state index in [0.717, 1.165) is 4.47 Å². The third-order valence-corrected chi connectivity index (χ3v) is 6.07. The first-order valence-electron chi connectivity index (χ1n) is 9.39. The van der Waals surface area contributed by atoms with Crippen LogP contribution in [-0.2, 0) is 14.9 Å². The number of aryl methyl sites for hydroxylation is 1. The minimum absolute atomic E-state index is 0.0617. The van der Waals surface area contributed by atoms with Crippen LogP contribution in [0.3, 0.4) is 0 Å². The SMILES string of the molecule is CON(C)S(=O)(=O)c1cccc(C(=O)Nc2ccc(C(=O)NCC(C)C)cc2C)c1. The van der Waals surface area contributed by atoms with Gasteiger partial charge in [0.15, 0.2) is 0 Å². The Morgan fingerprint density at radius 2 is 1.73 bits per heavy atom. The third-order valence-electron chi connectivity index (χ3n) is 4.40. The summed E-state index contributed by atoms with van der Waals surface area (Å²) in [6.45, 7) is 6.38. The van der Waals surface area contributed by atoms with Crippen molar-refractivity contribution in [1.29, 1.82) is 0 Å². The predicted molar refractivity (Wildman–Crippen MR) is 115 cm³/mol. The highest BCUT2D eigenvalue weighted by molar-refractivity contribution is 7.89. The molecule has 0 saturated heterocycles. The third kappa shape index (κ3) is 5.65. The van der Waals surface area contributed by atoms with Crippen LogP contribution in [0.25, 0.3) is 0 Å². The van der Waals surface area contributed by atoms with Gasteiger partial charge in [0.2, 0.25) is 0 Å². The molecule has 0 fully saturated rings. The van der Waals surface area contributed by atoms with Gasteiger partial charge in [0, 0.05) is 30.4 Å². The van der Waals surface area contributed by atoms with Crippen LogP contribution in [0.2, 0.25) is 0 Å². The largest absolute Gasteiger partial charge is 0.352 e. The number of hydrogen-bond acceptors (Lipinski definition) is 5. The summed E-state index contributed by atoms with van der Waals surface area (Å²) < 4.78 is 25.5. The van der Waals surface area contributed by atoms with E-state index >= 15 is 0 Å². The highest BCUT2D eigenvalue weighted by Crippen LogP contribution is 2.20. The summed E-state index contributed by atoms with van der Waals surface area (Å²) in [6.07, 6.45) is 0. The Balaban J connectivity index is 2.19. The molecule has 2 aromatic rings. The molecule has 0 aromatic heterocycles. The number of nitrogens with zero attached hydrogens (tertiary/aromatic N) is 1. The van der Waals surface area contributed by atoms with Gasteiger partial charge in [0.1, 0.15) is 0 Å². The van der Waals surface area contributed by atoms with E-state index in [2.05, 4.69) is 10.6 Å². The molecule has 0 saturated carbocycles.